The van der Waals surface area contributed by atoms with Gasteiger partial charge in [-0.1, -0.05) is 24.0 Å². The van der Waals surface area contributed by atoms with Gasteiger partial charge in [0, 0.05) is 11.3 Å². The van der Waals surface area contributed by atoms with Crippen LogP contribution in [0.15, 0.2) is 42.5 Å². The van der Waals surface area contributed by atoms with Crippen molar-refractivity contribution in [3.8, 4) is 11.8 Å². The van der Waals surface area contributed by atoms with Crippen LogP contribution < -0.4 is 5.32 Å². The van der Waals surface area contributed by atoms with E-state index in [9.17, 15) is 9.18 Å². The summed E-state index contributed by atoms with van der Waals surface area (Å²) in [5, 5.41) is 11.3. The highest BCUT2D eigenvalue weighted by Gasteiger charge is 2.11. The predicted octanol–water partition coefficient (Wildman–Crippen LogP) is 2.73. The maximum absolute atomic E-state index is 13.7. The number of halogens is 1. The lowest BCUT2D eigenvalue weighted by Gasteiger charge is -2.07. The zero-order valence-electron chi connectivity index (χ0n) is 11.5. The molecular weight excluding hydrogens is 269 g/mol. The van der Waals surface area contributed by atoms with E-state index >= 15 is 0 Å². The summed E-state index contributed by atoms with van der Waals surface area (Å²) in [6, 6.07) is 11.3. The highest BCUT2D eigenvalue weighted by Crippen LogP contribution is 2.14. The Morgan fingerprint density at radius 1 is 1.29 bits per heavy atom. The fraction of sp³-hybridized carbons (Fsp3) is 0.118. The average molecular weight is 283 g/mol. The largest absolute Gasteiger partial charge is 0.384 e. The molecule has 0 bridgehead atoms. The Morgan fingerprint density at radius 2 is 2.10 bits per heavy atom. The quantitative estimate of drug-likeness (QED) is 0.833. The van der Waals surface area contributed by atoms with Crippen LogP contribution >= 0.6 is 0 Å². The lowest BCUT2D eigenvalue weighted by atomic mass is 10.1. The van der Waals surface area contributed by atoms with Crippen molar-refractivity contribution in [2.45, 2.75) is 6.92 Å². The van der Waals surface area contributed by atoms with E-state index in [1.165, 1.54) is 12.1 Å². The van der Waals surface area contributed by atoms with E-state index in [0.717, 1.165) is 5.56 Å². The van der Waals surface area contributed by atoms with Crippen LogP contribution in [0.3, 0.4) is 0 Å². The number of hydrogen-bond acceptors (Lipinski definition) is 2. The number of aryl methyl sites for hydroxylation is 1. The van der Waals surface area contributed by atoms with E-state index in [1.54, 1.807) is 37.3 Å². The van der Waals surface area contributed by atoms with Gasteiger partial charge in [0.2, 0.25) is 0 Å². The molecule has 0 saturated heterocycles. The molecule has 3 nitrogen and oxygen atoms in total. The third-order valence-electron chi connectivity index (χ3n) is 2.80. The number of carbonyl (C=O) groups is 1. The van der Waals surface area contributed by atoms with E-state index in [0.29, 0.717) is 11.3 Å². The van der Waals surface area contributed by atoms with Gasteiger partial charge in [-0.15, -0.1) is 0 Å². The van der Waals surface area contributed by atoms with Gasteiger partial charge in [0.25, 0.3) is 5.91 Å². The van der Waals surface area contributed by atoms with Crippen molar-refractivity contribution < 1.29 is 14.3 Å². The van der Waals surface area contributed by atoms with E-state index in [-0.39, 0.29) is 12.2 Å². The van der Waals surface area contributed by atoms with Gasteiger partial charge >= 0.3 is 0 Å². The molecule has 1 amide bonds. The molecule has 0 aliphatic heterocycles. The fourth-order valence-electron chi connectivity index (χ4n) is 1.82. The monoisotopic (exact) mass is 283 g/mol. The van der Waals surface area contributed by atoms with Gasteiger partial charge in [-0.2, -0.15) is 0 Å². The minimum Gasteiger partial charge on any atom is -0.384 e. The van der Waals surface area contributed by atoms with Crippen molar-refractivity contribution in [3.63, 3.8) is 0 Å². The fourth-order valence-corrected chi connectivity index (χ4v) is 1.82. The molecule has 2 rings (SSSR count). The number of nitrogens with one attached hydrogen (secondary N) is 1. The van der Waals surface area contributed by atoms with E-state index in [2.05, 4.69) is 17.2 Å². The third-order valence-corrected chi connectivity index (χ3v) is 2.80. The Bertz CT molecular complexity index is 729. The summed E-state index contributed by atoms with van der Waals surface area (Å²) in [7, 11) is 0. The van der Waals surface area contributed by atoms with Gasteiger partial charge in [0.15, 0.2) is 0 Å². The van der Waals surface area contributed by atoms with Crippen LogP contribution in [-0.2, 0) is 0 Å². The van der Waals surface area contributed by atoms with Gasteiger partial charge in [-0.3, -0.25) is 4.79 Å². The number of aliphatic hydroxyl groups is 1. The van der Waals surface area contributed by atoms with E-state index in [4.69, 9.17) is 5.11 Å². The van der Waals surface area contributed by atoms with Crippen molar-refractivity contribution in [2.24, 2.45) is 0 Å². The molecule has 0 unspecified atom stereocenters. The van der Waals surface area contributed by atoms with Gasteiger partial charge in [0.1, 0.15) is 12.4 Å². The maximum Gasteiger partial charge on any atom is 0.258 e. The topological polar surface area (TPSA) is 49.3 Å². The number of rotatable bonds is 2. The molecule has 0 aliphatic rings. The molecule has 0 radical (unpaired) electrons. The molecule has 0 saturated carbocycles. The molecule has 0 aromatic heterocycles. The van der Waals surface area contributed by atoms with Crippen LogP contribution in [0.1, 0.15) is 21.5 Å². The second-order valence-corrected chi connectivity index (χ2v) is 4.48. The Balaban J connectivity index is 2.19. The summed E-state index contributed by atoms with van der Waals surface area (Å²) in [6.07, 6.45) is 0. The SMILES string of the molecule is Cc1ccc(C(=O)Nc2cccc(C#CCO)c2)c(F)c1. The van der Waals surface area contributed by atoms with Crippen LogP contribution in [0.4, 0.5) is 10.1 Å². The highest BCUT2D eigenvalue weighted by atomic mass is 19.1. The van der Waals surface area contributed by atoms with E-state index < -0.39 is 11.7 Å². The van der Waals surface area contributed by atoms with Crippen molar-refractivity contribution >= 4 is 11.6 Å². The van der Waals surface area contributed by atoms with Crippen molar-refractivity contribution in [1.29, 1.82) is 0 Å². The number of aliphatic hydroxyl groups excluding tert-OH is 1. The van der Waals surface area contributed by atoms with Crippen LogP contribution in [0.2, 0.25) is 0 Å². The van der Waals surface area contributed by atoms with Crippen molar-refractivity contribution in [3.05, 3.63) is 65.0 Å². The minimum atomic E-state index is -0.552. The maximum atomic E-state index is 13.7. The number of amides is 1. The standard InChI is InChI=1S/C17H14FNO2/c1-12-7-8-15(16(18)10-12)17(21)19-14-6-2-4-13(11-14)5-3-9-20/h2,4,6-8,10-11,20H,9H2,1H3,(H,19,21). The van der Waals surface area contributed by atoms with Gasteiger partial charge in [-0.05, 0) is 42.8 Å². The smallest absolute Gasteiger partial charge is 0.258 e. The molecule has 0 aliphatic carbocycles. The summed E-state index contributed by atoms with van der Waals surface area (Å²) in [6.45, 7) is 1.53. The molecule has 2 N–H and O–H groups in total. The molecule has 4 heteroatoms. The Labute approximate surface area is 122 Å². The molecule has 0 fully saturated rings. The first-order valence-corrected chi connectivity index (χ1v) is 6.37. The van der Waals surface area contributed by atoms with Crippen LogP contribution in [0.25, 0.3) is 0 Å². The highest BCUT2D eigenvalue weighted by molar-refractivity contribution is 6.04. The summed E-state index contributed by atoms with van der Waals surface area (Å²) in [4.78, 5) is 12.0. The number of benzene rings is 2. The molecule has 2 aromatic rings. The summed E-state index contributed by atoms with van der Waals surface area (Å²) in [5.41, 5.74) is 1.92. The van der Waals surface area contributed by atoms with E-state index in [1.807, 2.05) is 0 Å². The van der Waals surface area contributed by atoms with Crippen molar-refractivity contribution in [2.75, 3.05) is 11.9 Å². The first kappa shape index (κ1) is 14.8. The summed E-state index contributed by atoms with van der Waals surface area (Å²) >= 11 is 0. The van der Waals surface area contributed by atoms with Crippen LogP contribution in [-0.4, -0.2) is 17.6 Å². The summed E-state index contributed by atoms with van der Waals surface area (Å²) < 4.78 is 13.7. The van der Waals surface area contributed by atoms with Gasteiger partial charge in [-0.25, -0.2) is 4.39 Å². The molecule has 106 valence electrons. The second kappa shape index (κ2) is 6.69. The molecule has 2 aromatic carbocycles. The average Bonchev–Trinajstić information content (AvgIpc) is 2.45. The van der Waals surface area contributed by atoms with Crippen LogP contribution in [0.5, 0.6) is 0 Å². The zero-order valence-corrected chi connectivity index (χ0v) is 11.5. The summed E-state index contributed by atoms with van der Waals surface area (Å²) in [5.74, 6) is 4.20. The molecular formula is C17H14FNO2. The lowest BCUT2D eigenvalue weighted by Crippen LogP contribution is -2.13. The predicted molar refractivity (Wildman–Crippen MR) is 79.5 cm³/mol. The molecule has 0 heterocycles. The number of hydrogen-bond donors (Lipinski definition) is 2. The number of anilines is 1. The Hall–Kier alpha value is -2.64. The third kappa shape index (κ3) is 3.91. The normalized spacial score (nSPS) is 9.67. The Morgan fingerprint density at radius 3 is 2.81 bits per heavy atom. The minimum absolute atomic E-state index is 0.00699. The molecule has 21 heavy (non-hydrogen) atoms. The molecule has 0 spiro atoms. The number of carbonyl (C=O) groups excluding carboxylic acids is 1. The first-order valence-electron chi connectivity index (χ1n) is 6.37. The van der Waals surface area contributed by atoms with Gasteiger partial charge in [0.05, 0.1) is 5.56 Å². The zero-order chi connectivity index (χ0) is 15.2. The first-order chi connectivity index (χ1) is 10.1. The second-order valence-electron chi connectivity index (χ2n) is 4.48. The van der Waals surface area contributed by atoms with Gasteiger partial charge < -0.3 is 10.4 Å². The Kier molecular flexibility index (Phi) is 4.70. The molecule has 0 atom stereocenters. The van der Waals surface area contributed by atoms with Crippen LogP contribution in [0, 0.1) is 24.6 Å². The van der Waals surface area contributed by atoms with Crippen molar-refractivity contribution in [1.82, 2.24) is 0 Å². The lowest BCUT2D eigenvalue weighted by molar-refractivity contribution is 0.102.